The summed E-state index contributed by atoms with van der Waals surface area (Å²) in [5.41, 5.74) is 0. The van der Waals surface area contributed by atoms with Crippen molar-refractivity contribution in [2.45, 2.75) is 91.4 Å². The highest BCUT2D eigenvalue weighted by Gasteiger charge is 2.54. The number of hydrogen-bond donors (Lipinski definition) is 1. The number of hydrogen-bond acceptors (Lipinski definition) is 8. The average Bonchev–Trinajstić information content (AvgIpc) is 2.65. The Labute approximate surface area is 166 Å². The first-order valence-electron chi connectivity index (χ1n) is 10.4. The number of unbranched alkanes of at least 4 members (excludes halogenated alkanes) is 8. The summed E-state index contributed by atoms with van der Waals surface area (Å²) in [6, 6.07) is 0. The summed E-state index contributed by atoms with van der Waals surface area (Å²) < 4.78 is 17.1. The SMILES string of the molecule is CCCCCCCCCCCOOC(OON)[Si](OCC)(OCC)OCC. The van der Waals surface area contributed by atoms with Crippen LogP contribution in [0.2, 0.25) is 0 Å². The Morgan fingerprint density at radius 3 is 1.59 bits per heavy atom. The topological polar surface area (TPSA) is 90.6 Å². The van der Waals surface area contributed by atoms with Crippen molar-refractivity contribution in [1.29, 1.82) is 0 Å². The zero-order valence-corrected chi connectivity index (χ0v) is 18.7. The standard InChI is InChI=1S/C18H41NO7Si/c1-5-9-10-11-12-13-14-15-16-17-20-24-18(25-26-19)27(21-6-2,22-7-3)23-8-4/h18H,5-17,19H2,1-4H3. The van der Waals surface area contributed by atoms with E-state index in [1.54, 1.807) is 0 Å². The monoisotopic (exact) mass is 411 g/mol. The molecule has 0 saturated heterocycles. The lowest BCUT2D eigenvalue weighted by Crippen LogP contribution is -2.59. The molecule has 9 heteroatoms. The summed E-state index contributed by atoms with van der Waals surface area (Å²) in [6.45, 7) is 9.31. The maximum Gasteiger partial charge on any atom is 0.566 e. The van der Waals surface area contributed by atoms with E-state index in [2.05, 4.69) is 11.9 Å². The second kappa shape index (κ2) is 19.2. The zero-order valence-electron chi connectivity index (χ0n) is 17.7. The van der Waals surface area contributed by atoms with E-state index in [4.69, 9.17) is 33.8 Å². The van der Waals surface area contributed by atoms with E-state index in [1.807, 2.05) is 20.8 Å². The van der Waals surface area contributed by atoms with Crippen LogP contribution in [0.25, 0.3) is 0 Å². The van der Waals surface area contributed by atoms with Gasteiger partial charge in [-0.15, -0.1) is 4.99 Å². The van der Waals surface area contributed by atoms with E-state index >= 15 is 0 Å². The van der Waals surface area contributed by atoms with Crippen LogP contribution in [0, 0.1) is 0 Å². The molecule has 1 unspecified atom stereocenters. The Morgan fingerprint density at radius 2 is 1.15 bits per heavy atom. The van der Waals surface area contributed by atoms with Gasteiger partial charge in [0.1, 0.15) is 0 Å². The fourth-order valence-corrected chi connectivity index (χ4v) is 4.92. The van der Waals surface area contributed by atoms with Gasteiger partial charge in [-0.2, -0.15) is 15.7 Å². The van der Waals surface area contributed by atoms with E-state index < -0.39 is 14.7 Å². The molecule has 0 aromatic carbocycles. The number of nitrogens with two attached hydrogens (primary N) is 1. The van der Waals surface area contributed by atoms with E-state index in [0.29, 0.717) is 26.4 Å². The Bertz CT molecular complexity index is 296. The number of rotatable bonds is 21. The summed E-state index contributed by atoms with van der Waals surface area (Å²) in [7, 11) is -3.32. The molecule has 0 aliphatic carbocycles. The van der Waals surface area contributed by atoms with Gasteiger partial charge in [-0.25, -0.2) is 4.89 Å². The highest BCUT2D eigenvalue weighted by atomic mass is 28.4. The minimum Gasteiger partial charge on any atom is -0.371 e. The van der Waals surface area contributed by atoms with Crippen LogP contribution in [-0.2, 0) is 32.9 Å². The Hall–Kier alpha value is -0.103. The van der Waals surface area contributed by atoms with E-state index in [0.717, 1.165) is 12.8 Å². The van der Waals surface area contributed by atoms with Crippen LogP contribution < -0.4 is 5.90 Å². The second-order valence-electron chi connectivity index (χ2n) is 6.17. The molecule has 0 aliphatic rings. The van der Waals surface area contributed by atoms with Crippen LogP contribution in [-0.4, -0.2) is 41.1 Å². The van der Waals surface area contributed by atoms with Crippen LogP contribution in [0.5, 0.6) is 0 Å². The molecule has 0 aliphatic heterocycles. The lowest BCUT2D eigenvalue weighted by molar-refractivity contribution is -0.452. The van der Waals surface area contributed by atoms with Gasteiger partial charge in [-0.3, -0.25) is 0 Å². The maximum atomic E-state index is 5.70. The molecule has 0 radical (unpaired) electrons. The molecule has 0 saturated carbocycles. The van der Waals surface area contributed by atoms with Crippen LogP contribution in [0.15, 0.2) is 0 Å². The van der Waals surface area contributed by atoms with Crippen molar-refractivity contribution in [3.63, 3.8) is 0 Å². The first kappa shape index (κ1) is 26.9. The van der Waals surface area contributed by atoms with Crippen molar-refractivity contribution in [1.82, 2.24) is 0 Å². The molecule has 8 nitrogen and oxygen atoms in total. The lowest BCUT2D eigenvalue weighted by atomic mass is 10.1. The van der Waals surface area contributed by atoms with Crippen molar-refractivity contribution < 1.29 is 32.9 Å². The predicted molar refractivity (Wildman–Crippen MR) is 105 cm³/mol. The van der Waals surface area contributed by atoms with Crippen LogP contribution in [0.1, 0.15) is 85.5 Å². The summed E-state index contributed by atoms with van der Waals surface area (Å²) in [4.78, 5) is 19.9. The molecule has 0 rings (SSSR count). The normalized spacial score (nSPS) is 13.2. The fourth-order valence-electron chi connectivity index (χ4n) is 2.70. The first-order valence-corrected chi connectivity index (χ1v) is 12.2. The van der Waals surface area contributed by atoms with Crippen LogP contribution >= 0.6 is 0 Å². The van der Waals surface area contributed by atoms with Gasteiger partial charge in [0.15, 0.2) is 0 Å². The maximum absolute atomic E-state index is 5.70. The van der Waals surface area contributed by atoms with Crippen LogP contribution in [0.4, 0.5) is 0 Å². The van der Waals surface area contributed by atoms with Gasteiger partial charge in [-0.05, 0) is 27.2 Å². The molecule has 164 valence electrons. The smallest absolute Gasteiger partial charge is 0.371 e. The van der Waals surface area contributed by atoms with Gasteiger partial charge in [0.2, 0.25) is 0 Å². The Balaban J connectivity index is 4.14. The minimum absolute atomic E-state index is 0.373. The zero-order chi connectivity index (χ0) is 20.2. The highest BCUT2D eigenvalue weighted by Crippen LogP contribution is 2.20. The summed E-state index contributed by atoms with van der Waals surface area (Å²) >= 11 is 0. The van der Waals surface area contributed by atoms with Gasteiger partial charge in [0.05, 0.1) is 6.61 Å². The molecule has 1 atom stereocenters. The van der Waals surface area contributed by atoms with Crippen molar-refractivity contribution in [2.24, 2.45) is 5.90 Å². The van der Waals surface area contributed by atoms with Gasteiger partial charge < -0.3 is 13.3 Å². The molecule has 0 aromatic rings. The average molecular weight is 412 g/mol. The largest absolute Gasteiger partial charge is 0.566 e. The lowest BCUT2D eigenvalue weighted by Gasteiger charge is -2.32. The van der Waals surface area contributed by atoms with E-state index in [9.17, 15) is 0 Å². The molecule has 0 heterocycles. The van der Waals surface area contributed by atoms with Crippen molar-refractivity contribution in [3.05, 3.63) is 0 Å². The fraction of sp³-hybridized carbons (Fsp3) is 1.00. The summed E-state index contributed by atoms with van der Waals surface area (Å²) in [6.07, 6.45) is 11.1. The van der Waals surface area contributed by atoms with E-state index in [-0.39, 0.29) is 0 Å². The molecule has 0 spiro atoms. The first-order chi connectivity index (χ1) is 13.2. The van der Waals surface area contributed by atoms with Gasteiger partial charge >= 0.3 is 8.80 Å². The second-order valence-corrected chi connectivity index (χ2v) is 8.72. The molecular formula is C18H41NO7Si. The summed E-state index contributed by atoms with van der Waals surface area (Å²) in [5.74, 6) is 3.93. The van der Waals surface area contributed by atoms with E-state index in [1.165, 1.54) is 44.9 Å². The molecular weight excluding hydrogens is 370 g/mol. The highest BCUT2D eigenvalue weighted by molar-refractivity contribution is 6.61. The quantitative estimate of drug-likeness (QED) is 0.0988. The van der Waals surface area contributed by atoms with Gasteiger partial charge in [0.25, 0.3) is 5.91 Å². The van der Waals surface area contributed by atoms with Crippen molar-refractivity contribution >= 4 is 8.80 Å². The molecule has 2 N–H and O–H groups in total. The van der Waals surface area contributed by atoms with Gasteiger partial charge in [0, 0.05) is 19.8 Å². The third-order valence-electron chi connectivity index (χ3n) is 3.95. The molecule has 0 fully saturated rings. The van der Waals surface area contributed by atoms with Crippen molar-refractivity contribution in [2.75, 3.05) is 26.4 Å². The van der Waals surface area contributed by atoms with Crippen molar-refractivity contribution in [3.8, 4) is 0 Å². The Kier molecular flexibility index (Phi) is 19.2. The van der Waals surface area contributed by atoms with Crippen LogP contribution in [0.3, 0.4) is 0 Å². The Morgan fingerprint density at radius 1 is 0.667 bits per heavy atom. The molecule has 0 aromatic heterocycles. The van der Waals surface area contributed by atoms with Gasteiger partial charge in [-0.1, -0.05) is 58.3 Å². The molecule has 0 amide bonds. The third kappa shape index (κ3) is 12.9. The molecule has 27 heavy (non-hydrogen) atoms. The minimum atomic E-state index is -3.32. The third-order valence-corrected chi connectivity index (χ3v) is 6.80. The predicted octanol–water partition coefficient (Wildman–Crippen LogP) is 4.20. The summed E-state index contributed by atoms with van der Waals surface area (Å²) in [5, 5.41) is 0. The molecule has 0 bridgehead atoms.